The lowest BCUT2D eigenvalue weighted by molar-refractivity contribution is -0.120. The molecule has 0 fully saturated rings. The first-order chi connectivity index (χ1) is 10.6. The van der Waals surface area contributed by atoms with E-state index in [0.717, 1.165) is 17.0 Å². The maximum atomic E-state index is 12.2. The molecule has 22 heavy (non-hydrogen) atoms. The van der Waals surface area contributed by atoms with Crippen molar-refractivity contribution in [1.29, 1.82) is 0 Å². The summed E-state index contributed by atoms with van der Waals surface area (Å²) in [5, 5.41) is 3.01. The van der Waals surface area contributed by atoms with Crippen molar-refractivity contribution in [2.45, 2.75) is 13.0 Å². The summed E-state index contributed by atoms with van der Waals surface area (Å²) in [6, 6.07) is 17.5. The molecule has 2 rings (SSSR count). The zero-order chi connectivity index (χ0) is 15.9. The fourth-order valence-corrected chi connectivity index (χ4v) is 2.38. The molecule has 0 bridgehead atoms. The van der Waals surface area contributed by atoms with E-state index in [2.05, 4.69) is 5.32 Å². The highest BCUT2D eigenvalue weighted by Crippen LogP contribution is 2.24. The lowest BCUT2D eigenvalue weighted by Crippen LogP contribution is -2.36. The monoisotopic (exact) mass is 298 g/mol. The minimum atomic E-state index is -0.104. The average molecular weight is 298 g/mol. The van der Waals surface area contributed by atoms with E-state index in [1.807, 2.05) is 73.5 Å². The Balaban J connectivity index is 1.97. The maximum Gasteiger partial charge on any atom is 0.239 e. The van der Waals surface area contributed by atoms with E-state index in [4.69, 9.17) is 4.74 Å². The highest BCUT2D eigenvalue weighted by molar-refractivity contribution is 5.81. The van der Waals surface area contributed by atoms with Gasteiger partial charge < -0.3 is 15.0 Å². The van der Waals surface area contributed by atoms with Gasteiger partial charge in [0.1, 0.15) is 5.75 Å². The van der Waals surface area contributed by atoms with Gasteiger partial charge in [-0.05, 0) is 25.1 Å². The number of anilines is 1. The van der Waals surface area contributed by atoms with Gasteiger partial charge in [-0.1, -0.05) is 36.4 Å². The molecule has 0 aliphatic heterocycles. The normalized spacial score (nSPS) is 11.6. The number of amides is 1. The summed E-state index contributed by atoms with van der Waals surface area (Å²) in [6.45, 7) is 2.27. The molecule has 0 radical (unpaired) electrons. The predicted octanol–water partition coefficient (Wildman–Crippen LogP) is 3.01. The van der Waals surface area contributed by atoms with Gasteiger partial charge in [0, 0.05) is 18.3 Å². The van der Waals surface area contributed by atoms with Crippen LogP contribution in [-0.2, 0) is 4.79 Å². The lowest BCUT2D eigenvalue weighted by atomic mass is 10.1. The number of carbonyl (C=O) groups is 1. The molecule has 2 aromatic rings. The van der Waals surface area contributed by atoms with E-state index in [0.29, 0.717) is 6.54 Å². The van der Waals surface area contributed by atoms with Crippen molar-refractivity contribution in [1.82, 2.24) is 5.32 Å². The van der Waals surface area contributed by atoms with Gasteiger partial charge >= 0.3 is 0 Å². The molecule has 116 valence electrons. The summed E-state index contributed by atoms with van der Waals surface area (Å²) in [6.07, 6.45) is 0. The van der Waals surface area contributed by atoms with Crippen LogP contribution in [0.1, 0.15) is 18.5 Å². The van der Waals surface area contributed by atoms with Gasteiger partial charge in [0.05, 0.1) is 19.7 Å². The summed E-state index contributed by atoms with van der Waals surface area (Å²) in [5.41, 5.74) is 1.99. The number of rotatable bonds is 6. The second-order valence-electron chi connectivity index (χ2n) is 5.22. The van der Waals surface area contributed by atoms with Crippen molar-refractivity contribution in [2.24, 2.45) is 0 Å². The lowest BCUT2D eigenvalue weighted by Gasteiger charge is -2.21. The van der Waals surface area contributed by atoms with Crippen molar-refractivity contribution in [3.05, 3.63) is 60.2 Å². The van der Waals surface area contributed by atoms with Gasteiger partial charge in [-0.3, -0.25) is 4.79 Å². The van der Waals surface area contributed by atoms with Gasteiger partial charge in [-0.15, -0.1) is 0 Å². The van der Waals surface area contributed by atoms with E-state index in [-0.39, 0.29) is 11.9 Å². The highest BCUT2D eigenvalue weighted by Gasteiger charge is 2.14. The molecule has 1 unspecified atom stereocenters. The largest absolute Gasteiger partial charge is 0.496 e. The second-order valence-corrected chi connectivity index (χ2v) is 5.22. The molecule has 4 nitrogen and oxygen atoms in total. The SMILES string of the molecule is COc1ccccc1C(C)NC(=O)CN(C)c1ccccc1. The first-order valence-corrected chi connectivity index (χ1v) is 7.30. The first-order valence-electron chi connectivity index (χ1n) is 7.30. The van der Waals surface area contributed by atoms with Gasteiger partial charge in [0.25, 0.3) is 0 Å². The molecule has 1 amide bonds. The number of methoxy groups -OCH3 is 1. The fraction of sp³-hybridized carbons (Fsp3) is 0.278. The number of likely N-dealkylation sites (N-methyl/N-ethyl adjacent to an activating group) is 1. The molecule has 1 N–H and O–H groups in total. The number of carbonyl (C=O) groups excluding carboxylic acids is 1. The minimum Gasteiger partial charge on any atom is -0.496 e. The van der Waals surface area contributed by atoms with Gasteiger partial charge in [0.2, 0.25) is 5.91 Å². The van der Waals surface area contributed by atoms with Gasteiger partial charge in [0.15, 0.2) is 0 Å². The predicted molar refractivity (Wildman–Crippen MR) is 89.3 cm³/mol. The van der Waals surface area contributed by atoms with Crippen LogP contribution in [0.2, 0.25) is 0 Å². The number of nitrogens with zero attached hydrogens (tertiary/aromatic N) is 1. The fourth-order valence-electron chi connectivity index (χ4n) is 2.38. The van der Waals surface area contributed by atoms with E-state index in [9.17, 15) is 4.79 Å². The minimum absolute atomic E-state index is 0.0234. The summed E-state index contributed by atoms with van der Waals surface area (Å²) in [4.78, 5) is 14.1. The van der Waals surface area contributed by atoms with Crippen LogP contribution in [0.15, 0.2) is 54.6 Å². The third kappa shape index (κ3) is 4.01. The molecular weight excluding hydrogens is 276 g/mol. The Bertz CT molecular complexity index is 613. The Morgan fingerprint density at radius 2 is 1.77 bits per heavy atom. The third-order valence-electron chi connectivity index (χ3n) is 3.56. The highest BCUT2D eigenvalue weighted by atomic mass is 16.5. The number of hydrogen-bond acceptors (Lipinski definition) is 3. The second kappa shape index (κ2) is 7.50. The van der Waals surface area contributed by atoms with Crippen molar-refractivity contribution < 1.29 is 9.53 Å². The molecule has 4 heteroatoms. The molecule has 2 aromatic carbocycles. The van der Waals surface area contributed by atoms with Gasteiger partial charge in [-0.25, -0.2) is 0 Å². The molecule has 0 aliphatic carbocycles. The molecule has 0 aliphatic rings. The molecule has 0 heterocycles. The van der Waals surface area contributed by atoms with Crippen molar-refractivity contribution in [3.63, 3.8) is 0 Å². The molecule has 0 spiro atoms. The Morgan fingerprint density at radius 3 is 2.45 bits per heavy atom. The first kappa shape index (κ1) is 15.9. The summed E-state index contributed by atoms with van der Waals surface area (Å²) < 4.78 is 5.34. The average Bonchev–Trinajstić information content (AvgIpc) is 2.55. The quantitative estimate of drug-likeness (QED) is 0.891. The smallest absolute Gasteiger partial charge is 0.239 e. The summed E-state index contributed by atoms with van der Waals surface area (Å²) >= 11 is 0. The zero-order valence-electron chi connectivity index (χ0n) is 13.2. The molecular formula is C18H22N2O2. The maximum absolute atomic E-state index is 12.2. The topological polar surface area (TPSA) is 41.6 Å². The van der Waals surface area contributed by atoms with Crippen LogP contribution in [0.3, 0.4) is 0 Å². The van der Waals surface area contributed by atoms with Crippen LogP contribution < -0.4 is 15.0 Å². The van der Waals surface area contributed by atoms with Crippen LogP contribution >= 0.6 is 0 Å². The Kier molecular flexibility index (Phi) is 5.42. The van der Waals surface area contributed by atoms with E-state index in [1.165, 1.54) is 0 Å². The third-order valence-corrected chi connectivity index (χ3v) is 3.56. The van der Waals surface area contributed by atoms with Crippen LogP contribution in [0.5, 0.6) is 5.75 Å². The number of para-hydroxylation sites is 2. The summed E-state index contributed by atoms with van der Waals surface area (Å²) in [7, 11) is 3.54. The van der Waals surface area contributed by atoms with E-state index in [1.54, 1.807) is 7.11 Å². The van der Waals surface area contributed by atoms with Crippen molar-refractivity contribution >= 4 is 11.6 Å². The van der Waals surface area contributed by atoms with Crippen LogP contribution in [0.4, 0.5) is 5.69 Å². The standard InChI is InChI=1S/C18H22N2O2/c1-14(16-11-7-8-12-17(16)22-3)19-18(21)13-20(2)15-9-5-4-6-10-15/h4-12,14H,13H2,1-3H3,(H,19,21). The molecule has 1 atom stereocenters. The Morgan fingerprint density at radius 1 is 1.14 bits per heavy atom. The van der Waals surface area contributed by atoms with Crippen molar-refractivity contribution in [2.75, 3.05) is 25.6 Å². The number of benzene rings is 2. The number of hydrogen-bond donors (Lipinski definition) is 1. The van der Waals surface area contributed by atoms with Crippen LogP contribution in [0, 0.1) is 0 Å². The number of ether oxygens (including phenoxy) is 1. The molecule has 0 saturated carbocycles. The van der Waals surface area contributed by atoms with Crippen molar-refractivity contribution in [3.8, 4) is 5.75 Å². The van der Waals surface area contributed by atoms with E-state index >= 15 is 0 Å². The van der Waals surface area contributed by atoms with Crippen LogP contribution in [0.25, 0.3) is 0 Å². The van der Waals surface area contributed by atoms with Crippen LogP contribution in [-0.4, -0.2) is 26.6 Å². The Hall–Kier alpha value is -2.49. The Labute approximate surface area is 131 Å². The van der Waals surface area contributed by atoms with E-state index < -0.39 is 0 Å². The molecule has 0 saturated heterocycles. The zero-order valence-corrected chi connectivity index (χ0v) is 13.2. The number of nitrogens with one attached hydrogen (secondary N) is 1. The van der Waals surface area contributed by atoms with Gasteiger partial charge in [-0.2, -0.15) is 0 Å². The summed E-state index contributed by atoms with van der Waals surface area (Å²) in [5.74, 6) is 0.761. The molecule has 0 aromatic heterocycles.